The highest BCUT2D eigenvalue weighted by molar-refractivity contribution is 5.96. The first-order valence-corrected chi connectivity index (χ1v) is 10.2. The van der Waals surface area contributed by atoms with Gasteiger partial charge in [-0.15, -0.1) is 0 Å². The van der Waals surface area contributed by atoms with Crippen molar-refractivity contribution in [1.82, 2.24) is 15.1 Å². The van der Waals surface area contributed by atoms with Crippen LogP contribution in [0.3, 0.4) is 0 Å². The number of halogens is 3. The number of nitrogens with two attached hydrogens (primary N) is 1. The Morgan fingerprint density at radius 1 is 1.29 bits per heavy atom. The number of nitriles is 1. The summed E-state index contributed by atoms with van der Waals surface area (Å²) >= 11 is 0. The molecule has 0 aliphatic carbocycles. The molecule has 1 unspecified atom stereocenters. The number of hydrogen-bond acceptors (Lipinski definition) is 6. The summed E-state index contributed by atoms with van der Waals surface area (Å²) in [6.07, 6.45) is -3.11. The third kappa shape index (κ3) is 5.13. The molecule has 34 heavy (non-hydrogen) atoms. The molecule has 178 valence electrons. The standard InChI is InChI=1S/C23H22F3N5O3/c1-34-19-7-6-15(24)10-16(19)23(33)29-12-13-2-4-14(5-3-13)20-17(11-27)22(28)31(30-20)18(8-9-32)21(25)26/h2-7,10,18,21,32H,8-9,12,28H2,1H3,(H,29,33). The maximum absolute atomic E-state index is 13.5. The van der Waals surface area contributed by atoms with E-state index < -0.39 is 30.8 Å². The van der Waals surface area contributed by atoms with Crippen LogP contribution in [0.15, 0.2) is 42.5 Å². The van der Waals surface area contributed by atoms with Crippen molar-refractivity contribution in [2.24, 2.45) is 0 Å². The number of rotatable bonds is 9. The number of hydrogen-bond donors (Lipinski definition) is 3. The van der Waals surface area contributed by atoms with Crippen molar-refractivity contribution in [3.63, 3.8) is 0 Å². The highest BCUT2D eigenvalue weighted by Gasteiger charge is 2.28. The third-order valence-corrected chi connectivity index (χ3v) is 5.18. The van der Waals surface area contributed by atoms with Crippen LogP contribution < -0.4 is 15.8 Å². The van der Waals surface area contributed by atoms with Crippen LogP contribution in [0.5, 0.6) is 5.75 Å². The lowest BCUT2D eigenvalue weighted by atomic mass is 10.1. The summed E-state index contributed by atoms with van der Waals surface area (Å²) in [5, 5.41) is 25.4. The van der Waals surface area contributed by atoms with Gasteiger partial charge in [0.15, 0.2) is 0 Å². The van der Waals surface area contributed by atoms with E-state index in [1.165, 1.54) is 19.2 Å². The fraction of sp³-hybridized carbons (Fsp3) is 0.261. The number of benzene rings is 2. The Hall–Kier alpha value is -4.04. The molecule has 4 N–H and O–H groups in total. The van der Waals surface area contributed by atoms with Gasteiger partial charge in [0, 0.05) is 18.7 Å². The predicted molar refractivity (Wildman–Crippen MR) is 118 cm³/mol. The fourth-order valence-corrected chi connectivity index (χ4v) is 3.42. The highest BCUT2D eigenvalue weighted by Crippen LogP contribution is 2.32. The number of methoxy groups -OCH3 is 1. The second kappa shape index (κ2) is 10.7. The van der Waals surface area contributed by atoms with Crippen molar-refractivity contribution in [2.75, 3.05) is 19.5 Å². The molecule has 1 aromatic heterocycles. The van der Waals surface area contributed by atoms with Gasteiger partial charge >= 0.3 is 0 Å². The molecule has 3 rings (SSSR count). The number of aliphatic hydroxyl groups excluding tert-OH is 1. The quantitative estimate of drug-likeness (QED) is 0.438. The molecule has 11 heteroatoms. The van der Waals surface area contributed by atoms with E-state index in [1.807, 2.05) is 6.07 Å². The zero-order valence-electron chi connectivity index (χ0n) is 18.1. The second-order valence-electron chi connectivity index (χ2n) is 7.30. The van der Waals surface area contributed by atoms with Crippen LogP contribution in [0.4, 0.5) is 19.0 Å². The van der Waals surface area contributed by atoms with Crippen LogP contribution in [-0.4, -0.2) is 40.9 Å². The average Bonchev–Trinajstić information content (AvgIpc) is 3.16. The third-order valence-electron chi connectivity index (χ3n) is 5.18. The minimum atomic E-state index is -2.84. The average molecular weight is 473 g/mol. The van der Waals surface area contributed by atoms with E-state index in [9.17, 15) is 23.2 Å². The van der Waals surface area contributed by atoms with E-state index in [4.69, 9.17) is 15.6 Å². The van der Waals surface area contributed by atoms with Crippen molar-refractivity contribution < 1.29 is 27.8 Å². The van der Waals surface area contributed by atoms with E-state index >= 15 is 0 Å². The Bertz CT molecular complexity index is 1210. The van der Waals surface area contributed by atoms with Crippen LogP contribution in [0.25, 0.3) is 11.3 Å². The topological polar surface area (TPSA) is 126 Å². The van der Waals surface area contributed by atoms with Gasteiger partial charge in [-0.3, -0.25) is 4.79 Å². The fourth-order valence-electron chi connectivity index (χ4n) is 3.42. The predicted octanol–water partition coefficient (Wildman–Crippen LogP) is 3.27. The largest absolute Gasteiger partial charge is 0.496 e. The zero-order chi connectivity index (χ0) is 24.8. The smallest absolute Gasteiger partial charge is 0.260 e. The maximum atomic E-state index is 13.5. The molecule has 0 radical (unpaired) electrons. The number of carbonyl (C=O) groups is 1. The van der Waals surface area contributed by atoms with E-state index in [0.29, 0.717) is 11.1 Å². The van der Waals surface area contributed by atoms with Gasteiger partial charge in [0.25, 0.3) is 12.3 Å². The Kier molecular flexibility index (Phi) is 7.75. The molecule has 0 saturated heterocycles. The number of alkyl halides is 2. The van der Waals surface area contributed by atoms with Gasteiger partial charge in [-0.25, -0.2) is 17.9 Å². The SMILES string of the molecule is COc1ccc(F)cc1C(=O)NCc1ccc(-c2nn(C(CCO)C(F)F)c(N)c2C#N)cc1. The van der Waals surface area contributed by atoms with Crippen molar-refractivity contribution in [3.05, 3.63) is 65.0 Å². The monoisotopic (exact) mass is 473 g/mol. The summed E-state index contributed by atoms with van der Waals surface area (Å²) in [5.74, 6) is -1.08. The van der Waals surface area contributed by atoms with E-state index in [2.05, 4.69) is 10.4 Å². The normalized spacial score (nSPS) is 11.8. The molecule has 3 aromatic rings. The highest BCUT2D eigenvalue weighted by atomic mass is 19.3. The number of nitrogens with zero attached hydrogens (tertiary/aromatic N) is 3. The number of aliphatic hydroxyl groups is 1. The Balaban J connectivity index is 1.80. The number of ether oxygens (including phenoxy) is 1. The van der Waals surface area contributed by atoms with E-state index in [-0.39, 0.29) is 41.4 Å². The molecule has 0 aliphatic heterocycles. The molecule has 2 aromatic carbocycles. The van der Waals surface area contributed by atoms with Crippen LogP contribution >= 0.6 is 0 Å². The molecule has 1 heterocycles. The van der Waals surface area contributed by atoms with E-state index in [0.717, 1.165) is 10.7 Å². The lowest BCUT2D eigenvalue weighted by molar-refractivity contribution is 0.0624. The van der Waals surface area contributed by atoms with Gasteiger partial charge < -0.3 is 20.9 Å². The molecular weight excluding hydrogens is 451 g/mol. The van der Waals surface area contributed by atoms with Crippen molar-refractivity contribution in [1.29, 1.82) is 5.26 Å². The second-order valence-corrected chi connectivity index (χ2v) is 7.30. The summed E-state index contributed by atoms with van der Waals surface area (Å²) in [7, 11) is 1.37. The molecule has 0 bridgehead atoms. The number of nitrogen functional groups attached to an aromatic ring is 1. The number of nitrogens with one attached hydrogen (secondary N) is 1. The van der Waals surface area contributed by atoms with Crippen molar-refractivity contribution in [2.45, 2.75) is 25.4 Å². The first-order chi connectivity index (χ1) is 16.3. The Morgan fingerprint density at radius 3 is 2.59 bits per heavy atom. The summed E-state index contributed by atoms with van der Waals surface area (Å²) in [6.45, 7) is -0.377. The first kappa shape index (κ1) is 24.6. The van der Waals surface area contributed by atoms with Crippen LogP contribution in [-0.2, 0) is 6.54 Å². The van der Waals surface area contributed by atoms with Crippen molar-refractivity contribution in [3.8, 4) is 23.1 Å². The van der Waals surface area contributed by atoms with E-state index in [1.54, 1.807) is 24.3 Å². The summed E-state index contributed by atoms with van der Waals surface area (Å²) in [5.41, 5.74) is 7.17. The zero-order valence-corrected chi connectivity index (χ0v) is 18.1. The van der Waals surface area contributed by atoms with Gasteiger partial charge in [0.1, 0.15) is 40.8 Å². The molecule has 0 spiro atoms. The van der Waals surface area contributed by atoms with Crippen LogP contribution in [0.2, 0.25) is 0 Å². The van der Waals surface area contributed by atoms with Crippen LogP contribution in [0, 0.1) is 17.1 Å². The Morgan fingerprint density at radius 2 is 2.00 bits per heavy atom. The van der Waals surface area contributed by atoms with Crippen LogP contribution in [0.1, 0.15) is 33.9 Å². The number of carbonyl (C=O) groups excluding carboxylic acids is 1. The number of amides is 1. The summed E-state index contributed by atoms with van der Waals surface area (Å²) < 4.78 is 46.3. The summed E-state index contributed by atoms with van der Waals surface area (Å²) in [6, 6.07) is 10.6. The Labute approximate surface area is 193 Å². The van der Waals surface area contributed by atoms with Gasteiger partial charge in [-0.1, -0.05) is 24.3 Å². The molecule has 1 atom stereocenters. The minimum absolute atomic E-state index is 0.0512. The maximum Gasteiger partial charge on any atom is 0.260 e. The number of anilines is 1. The number of aromatic nitrogens is 2. The van der Waals surface area contributed by atoms with Crippen molar-refractivity contribution >= 4 is 11.7 Å². The molecule has 0 aliphatic rings. The van der Waals surface area contributed by atoms with Gasteiger partial charge in [-0.2, -0.15) is 10.4 Å². The minimum Gasteiger partial charge on any atom is -0.496 e. The lowest BCUT2D eigenvalue weighted by Crippen LogP contribution is -2.23. The lowest BCUT2D eigenvalue weighted by Gasteiger charge is -2.16. The van der Waals surface area contributed by atoms with Gasteiger partial charge in [0.05, 0.1) is 12.7 Å². The molecule has 0 saturated carbocycles. The van der Waals surface area contributed by atoms with Gasteiger partial charge in [0.2, 0.25) is 0 Å². The summed E-state index contributed by atoms with van der Waals surface area (Å²) in [4.78, 5) is 12.4. The molecular formula is C23H22F3N5O3. The molecule has 1 amide bonds. The molecule has 8 nitrogen and oxygen atoms in total. The van der Waals surface area contributed by atoms with Gasteiger partial charge in [-0.05, 0) is 30.2 Å². The molecule has 0 fully saturated rings. The first-order valence-electron chi connectivity index (χ1n) is 10.2.